The zero-order valence-electron chi connectivity index (χ0n) is 10.6. The molecule has 0 aliphatic carbocycles. The number of hydrogen-bond donors (Lipinski definition) is 2. The predicted octanol–water partition coefficient (Wildman–Crippen LogP) is 2.83. The molecule has 0 fully saturated rings. The lowest BCUT2D eigenvalue weighted by Gasteiger charge is -2.11. The third kappa shape index (κ3) is 3.50. The van der Waals surface area contributed by atoms with Crippen LogP contribution < -0.4 is 10.5 Å². The van der Waals surface area contributed by atoms with Crippen LogP contribution in [0.15, 0.2) is 41.3 Å². The lowest BCUT2D eigenvalue weighted by atomic mass is 10.2. The highest BCUT2D eigenvalue weighted by Gasteiger charge is 2.23. The molecule has 0 saturated carbocycles. The summed E-state index contributed by atoms with van der Waals surface area (Å²) in [7, 11) is -4.16. The summed E-state index contributed by atoms with van der Waals surface area (Å²) < 4.78 is 54.9. The Morgan fingerprint density at radius 2 is 1.90 bits per heavy atom. The maximum absolute atomic E-state index is 14.1. The Kier molecular flexibility index (Phi) is 4.79. The fourth-order valence-corrected chi connectivity index (χ4v) is 3.43. The summed E-state index contributed by atoms with van der Waals surface area (Å²) in [6.07, 6.45) is 0. The van der Waals surface area contributed by atoms with E-state index in [1.165, 1.54) is 6.07 Å². The molecule has 0 atom stereocenters. The molecule has 0 aliphatic rings. The van der Waals surface area contributed by atoms with E-state index in [0.29, 0.717) is 5.69 Å². The Balaban J connectivity index is 2.45. The van der Waals surface area contributed by atoms with E-state index < -0.39 is 38.7 Å². The van der Waals surface area contributed by atoms with Gasteiger partial charge in [-0.2, -0.15) is 0 Å². The van der Waals surface area contributed by atoms with E-state index in [-0.39, 0.29) is 0 Å². The van der Waals surface area contributed by atoms with Crippen LogP contribution in [-0.4, -0.2) is 8.42 Å². The van der Waals surface area contributed by atoms with Gasteiger partial charge in [0, 0.05) is 21.4 Å². The van der Waals surface area contributed by atoms with Crippen molar-refractivity contribution in [1.82, 2.24) is 0 Å². The second kappa shape index (κ2) is 6.24. The number of anilines is 1. The van der Waals surface area contributed by atoms with E-state index in [0.717, 1.165) is 15.7 Å². The van der Waals surface area contributed by atoms with E-state index in [4.69, 9.17) is 5.73 Å². The number of hydrogen-bond acceptors (Lipinski definition) is 3. The van der Waals surface area contributed by atoms with Crippen molar-refractivity contribution < 1.29 is 17.2 Å². The van der Waals surface area contributed by atoms with Crippen molar-refractivity contribution >= 4 is 38.3 Å². The first kappa shape index (κ1) is 16.1. The Morgan fingerprint density at radius 3 is 2.52 bits per heavy atom. The molecule has 0 aliphatic heterocycles. The number of benzene rings is 2. The zero-order chi connectivity index (χ0) is 15.6. The van der Waals surface area contributed by atoms with Gasteiger partial charge in [0.05, 0.1) is 0 Å². The topological polar surface area (TPSA) is 72.2 Å². The van der Waals surface area contributed by atoms with Crippen molar-refractivity contribution in [2.24, 2.45) is 5.73 Å². The molecule has 0 amide bonds. The summed E-state index contributed by atoms with van der Waals surface area (Å²) in [4.78, 5) is -0.636. The molecule has 0 spiro atoms. The third-order valence-electron chi connectivity index (χ3n) is 2.72. The molecule has 2 aromatic rings. The zero-order valence-corrected chi connectivity index (χ0v) is 13.6. The van der Waals surface area contributed by atoms with Crippen molar-refractivity contribution in [2.75, 3.05) is 4.72 Å². The maximum Gasteiger partial charge on any atom is 0.264 e. The Labute approximate surface area is 134 Å². The molecular formula is C13H11F2IN2O2S. The molecule has 0 saturated heterocycles. The molecule has 4 nitrogen and oxygen atoms in total. The fraction of sp³-hybridized carbons (Fsp3) is 0.0769. The van der Waals surface area contributed by atoms with Crippen LogP contribution in [0.4, 0.5) is 14.5 Å². The van der Waals surface area contributed by atoms with Gasteiger partial charge in [0.15, 0.2) is 5.82 Å². The first-order valence-electron chi connectivity index (χ1n) is 5.80. The van der Waals surface area contributed by atoms with Gasteiger partial charge >= 0.3 is 0 Å². The molecule has 2 rings (SSSR count). The smallest absolute Gasteiger partial charge is 0.264 e. The molecule has 0 bridgehead atoms. The summed E-state index contributed by atoms with van der Waals surface area (Å²) in [5, 5.41) is 0. The molecule has 0 unspecified atom stereocenters. The molecule has 2 aromatic carbocycles. The van der Waals surface area contributed by atoms with Crippen LogP contribution in [0.2, 0.25) is 0 Å². The van der Waals surface area contributed by atoms with Gasteiger partial charge in [0.2, 0.25) is 0 Å². The lowest BCUT2D eigenvalue weighted by molar-refractivity contribution is 0.530. The summed E-state index contributed by atoms with van der Waals surface area (Å²) in [6.45, 7) is -0.426. The number of halogens is 3. The van der Waals surface area contributed by atoms with Crippen LogP contribution in [0.3, 0.4) is 0 Å². The van der Waals surface area contributed by atoms with Gasteiger partial charge in [-0.25, -0.2) is 17.2 Å². The molecule has 21 heavy (non-hydrogen) atoms. The van der Waals surface area contributed by atoms with Crippen molar-refractivity contribution in [2.45, 2.75) is 11.4 Å². The van der Waals surface area contributed by atoms with Crippen molar-refractivity contribution in [3.05, 3.63) is 57.2 Å². The SMILES string of the molecule is NCc1c(F)ccc(S(=O)(=O)Nc2cccc(I)c2)c1F. The summed E-state index contributed by atoms with van der Waals surface area (Å²) >= 11 is 2.02. The normalized spacial score (nSPS) is 11.4. The number of sulfonamides is 1. The minimum Gasteiger partial charge on any atom is -0.326 e. The highest BCUT2D eigenvalue weighted by Crippen LogP contribution is 2.23. The minimum atomic E-state index is -4.16. The summed E-state index contributed by atoms with van der Waals surface area (Å²) in [6, 6.07) is 8.32. The van der Waals surface area contributed by atoms with Crippen LogP contribution in [-0.2, 0) is 16.6 Å². The fourth-order valence-electron chi connectivity index (χ4n) is 1.73. The van der Waals surface area contributed by atoms with Crippen molar-refractivity contribution in [3.8, 4) is 0 Å². The molecule has 0 heterocycles. The van der Waals surface area contributed by atoms with Crippen molar-refractivity contribution in [1.29, 1.82) is 0 Å². The number of rotatable bonds is 4. The van der Waals surface area contributed by atoms with Crippen LogP contribution in [0.25, 0.3) is 0 Å². The van der Waals surface area contributed by atoms with Crippen LogP contribution in [0.1, 0.15) is 5.56 Å². The van der Waals surface area contributed by atoms with E-state index in [2.05, 4.69) is 4.72 Å². The van der Waals surface area contributed by atoms with Gasteiger partial charge in [-0.3, -0.25) is 4.72 Å². The predicted molar refractivity (Wildman–Crippen MR) is 84.2 cm³/mol. The number of nitrogens with two attached hydrogens (primary N) is 1. The van der Waals surface area contributed by atoms with Gasteiger partial charge in [-0.15, -0.1) is 0 Å². The quantitative estimate of drug-likeness (QED) is 0.742. The Morgan fingerprint density at radius 1 is 1.19 bits per heavy atom. The van der Waals surface area contributed by atoms with Gasteiger partial charge < -0.3 is 5.73 Å². The standard InChI is InChI=1S/C13H11F2IN2O2S/c14-11-4-5-12(13(15)10(11)7-17)21(19,20)18-9-3-1-2-8(16)6-9/h1-6,18H,7,17H2. The van der Waals surface area contributed by atoms with E-state index in [9.17, 15) is 17.2 Å². The first-order valence-corrected chi connectivity index (χ1v) is 8.36. The molecule has 112 valence electrons. The van der Waals surface area contributed by atoms with Crippen LogP contribution >= 0.6 is 22.6 Å². The van der Waals surface area contributed by atoms with E-state index >= 15 is 0 Å². The molecule has 0 aromatic heterocycles. The number of nitrogens with one attached hydrogen (secondary N) is 1. The van der Waals surface area contributed by atoms with Crippen molar-refractivity contribution in [3.63, 3.8) is 0 Å². The van der Waals surface area contributed by atoms with Gasteiger partial charge in [0.25, 0.3) is 10.0 Å². The Hall–Kier alpha value is -1.26. The average molecular weight is 424 g/mol. The van der Waals surface area contributed by atoms with E-state index in [1.54, 1.807) is 18.2 Å². The second-order valence-corrected chi connectivity index (χ2v) is 7.05. The molecule has 0 radical (unpaired) electrons. The maximum atomic E-state index is 14.1. The Bertz CT molecular complexity index is 782. The van der Waals surface area contributed by atoms with Gasteiger partial charge in [0.1, 0.15) is 10.7 Å². The second-order valence-electron chi connectivity index (χ2n) is 4.16. The highest BCUT2D eigenvalue weighted by molar-refractivity contribution is 14.1. The largest absolute Gasteiger partial charge is 0.326 e. The highest BCUT2D eigenvalue weighted by atomic mass is 127. The van der Waals surface area contributed by atoms with E-state index in [1.807, 2.05) is 22.6 Å². The molecule has 3 N–H and O–H groups in total. The summed E-state index contributed by atoms with van der Waals surface area (Å²) in [5.74, 6) is -2.04. The van der Waals surface area contributed by atoms with Crippen LogP contribution in [0.5, 0.6) is 0 Å². The monoisotopic (exact) mass is 424 g/mol. The average Bonchev–Trinajstić information content (AvgIpc) is 2.38. The molecular weight excluding hydrogens is 413 g/mol. The van der Waals surface area contributed by atoms with Gasteiger partial charge in [-0.1, -0.05) is 6.07 Å². The molecule has 8 heteroatoms. The first-order chi connectivity index (χ1) is 9.85. The third-order valence-corrected chi connectivity index (χ3v) is 4.79. The summed E-state index contributed by atoms with van der Waals surface area (Å²) in [5.41, 5.74) is 5.07. The van der Waals surface area contributed by atoms with Gasteiger partial charge in [-0.05, 0) is 52.9 Å². The minimum absolute atomic E-state index is 0.292. The lowest BCUT2D eigenvalue weighted by Crippen LogP contribution is -2.17. The van der Waals surface area contributed by atoms with Crippen LogP contribution in [0, 0.1) is 15.2 Å².